The molecule has 4 rings (SSSR count). The fourth-order valence-corrected chi connectivity index (χ4v) is 7.33. The molecule has 0 aromatic heterocycles. The second kappa shape index (κ2) is 11.7. The molecule has 0 spiro atoms. The molecule has 2 N–H and O–H groups in total. The topological polar surface area (TPSA) is 113 Å². The first-order valence-electron chi connectivity index (χ1n) is 15.0. The number of hydrogen-bond acceptors (Lipinski definition) is 9. The van der Waals surface area contributed by atoms with E-state index in [9.17, 15) is 15.0 Å². The van der Waals surface area contributed by atoms with Crippen molar-refractivity contribution in [1.29, 1.82) is 0 Å². The number of benzene rings is 1. The molecule has 3 fully saturated rings. The summed E-state index contributed by atoms with van der Waals surface area (Å²) < 4.78 is 37.1. The Kier molecular flexibility index (Phi) is 9.21. The number of methoxy groups -OCH3 is 1. The molecule has 3 aliphatic rings. The van der Waals surface area contributed by atoms with Crippen molar-refractivity contribution in [1.82, 2.24) is 0 Å². The number of hydrogen-bond donors (Lipinski definition) is 2. The van der Waals surface area contributed by atoms with E-state index in [0.29, 0.717) is 18.6 Å². The summed E-state index contributed by atoms with van der Waals surface area (Å²) in [5.74, 6) is -2.21. The summed E-state index contributed by atoms with van der Waals surface area (Å²) in [4.78, 5) is 13.6. The number of fused-ring (bicyclic) bond motifs is 4. The number of carbonyl (C=O) groups excluding carboxylic acids is 1. The van der Waals surface area contributed by atoms with Gasteiger partial charge in [0.15, 0.2) is 12.1 Å². The Hall–Kier alpha value is -1.75. The molecule has 0 radical (unpaired) electrons. The largest absolute Gasteiger partial charge is 0.497 e. The van der Waals surface area contributed by atoms with Crippen LogP contribution in [0.5, 0.6) is 5.75 Å². The lowest BCUT2D eigenvalue weighted by atomic mass is 9.72. The van der Waals surface area contributed by atoms with Gasteiger partial charge in [0.25, 0.3) is 0 Å². The van der Waals surface area contributed by atoms with Crippen LogP contribution in [0.25, 0.3) is 0 Å². The highest BCUT2D eigenvalue weighted by molar-refractivity contribution is 5.73. The van der Waals surface area contributed by atoms with Gasteiger partial charge in [-0.15, -0.1) is 0 Å². The lowest BCUT2D eigenvalue weighted by molar-refractivity contribution is -0.355. The number of ether oxygens (including phenoxy) is 6. The molecular weight excluding hydrogens is 528 g/mol. The molecule has 1 aromatic rings. The van der Waals surface area contributed by atoms with Crippen LogP contribution in [0.2, 0.25) is 0 Å². The van der Waals surface area contributed by atoms with E-state index in [-0.39, 0.29) is 17.8 Å². The summed E-state index contributed by atoms with van der Waals surface area (Å²) in [7, 11) is 1.61. The zero-order chi connectivity index (χ0) is 30.5. The van der Waals surface area contributed by atoms with Gasteiger partial charge in [0.1, 0.15) is 17.5 Å². The standard InChI is InChI=1S/C32H50O9/c1-11-23-32(9,35)27-18(3)24(38-29(39-27)21-12-14-22(36-10)15-13-21)17(2)16-31(8,34)26-19(4)25(20(5)28(33)37-23)40-30(6,7)41-26/h12-15,17-20,23-27,29,34-35H,11,16H2,1-10H3/t17-,18+,19+,20-,23-,24+,25+,26-,27-,29?,31-,32-/m1/s1. The Morgan fingerprint density at radius 2 is 1.51 bits per heavy atom. The molecule has 1 aromatic carbocycles. The van der Waals surface area contributed by atoms with E-state index in [1.807, 2.05) is 45.0 Å². The molecule has 232 valence electrons. The van der Waals surface area contributed by atoms with Crippen molar-refractivity contribution in [3.63, 3.8) is 0 Å². The van der Waals surface area contributed by atoms with Crippen LogP contribution in [0.15, 0.2) is 24.3 Å². The van der Waals surface area contributed by atoms with Crippen molar-refractivity contribution < 1.29 is 43.4 Å². The molecule has 1 unspecified atom stereocenters. The van der Waals surface area contributed by atoms with Gasteiger partial charge in [0, 0.05) is 17.4 Å². The highest BCUT2D eigenvalue weighted by Gasteiger charge is 2.56. The summed E-state index contributed by atoms with van der Waals surface area (Å²) in [6, 6.07) is 7.42. The second-order valence-corrected chi connectivity index (χ2v) is 13.4. The van der Waals surface area contributed by atoms with E-state index in [2.05, 4.69) is 6.92 Å². The van der Waals surface area contributed by atoms with Crippen molar-refractivity contribution >= 4 is 5.97 Å². The zero-order valence-electron chi connectivity index (χ0n) is 26.2. The fourth-order valence-electron chi connectivity index (χ4n) is 7.33. The van der Waals surface area contributed by atoms with Crippen molar-refractivity contribution in [3.05, 3.63) is 29.8 Å². The van der Waals surface area contributed by atoms with Gasteiger partial charge in [-0.1, -0.05) is 39.8 Å². The Labute approximate surface area is 244 Å². The third-order valence-corrected chi connectivity index (χ3v) is 9.39. The molecule has 3 aliphatic heterocycles. The van der Waals surface area contributed by atoms with Gasteiger partial charge in [-0.3, -0.25) is 4.79 Å². The Bertz CT molecular complexity index is 1050. The predicted molar refractivity (Wildman–Crippen MR) is 152 cm³/mol. The van der Waals surface area contributed by atoms with E-state index in [1.165, 1.54) is 0 Å². The average Bonchev–Trinajstić information content (AvgIpc) is 2.91. The zero-order valence-corrected chi connectivity index (χ0v) is 26.2. The van der Waals surface area contributed by atoms with E-state index in [1.54, 1.807) is 41.7 Å². The lowest BCUT2D eigenvalue weighted by Gasteiger charge is -2.53. The number of carbonyl (C=O) groups is 1. The second-order valence-electron chi connectivity index (χ2n) is 13.4. The SMILES string of the molecule is CC[C@H]1OC(=O)[C@H](C)[C@H]2OC(C)(C)O[C@H]([C@H]2C)[C@](C)(O)C[C@@H](C)[C@@H]2OC(c3ccc(OC)cc3)O[C@H]([C@H]2C)[C@]1(C)O. The monoisotopic (exact) mass is 578 g/mol. The van der Waals surface area contributed by atoms with E-state index in [0.717, 1.165) is 5.56 Å². The molecule has 3 saturated heterocycles. The summed E-state index contributed by atoms with van der Waals surface area (Å²) in [5.41, 5.74) is -2.03. The molecule has 9 nitrogen and oxygen atoms in total. The summed E-state index contributed by atoms with van der Waals surface area (Å²) in [5, 5.41) is 24.1. The van der Waals surface area contributed by atoms with Gasteiger partial charge >= 0.3 is 5.97 Å². The van der Waals surface area contributed by atoms with Crippen LogP contribution in [0.4, 0.5) is 0 Å². The molecule has 4 bridgehead atoms. The highest BCUT2D eigenvalue weighted by atomic mass is 16.7. The molecule has 0 saturated carbocycles. The molecule has 3 heterocycles. The first-order valence-corrected chi connectivity index (χ1v) is 15.0. The molecule has 41 heavy (non-hydrogen) atoms. The van der Waals surface area contributed by atoms with Crippen LogP contribution in [0.3, 0.4) is 0 Å². The average molecular weight is 579 g/mol. The normalized spacial score (nSPS) is 45.3. The van der Waals surface area contributed by atoms with E-state index >= 15 is 0 Å². The van der Waals surface area contributed by atoms with Crippen LogP contribution in [-0.2, 0) is 28.5 Å². The van der Waals surface area contributed by atoms with Gasteiger partial charge in [0.05, 0.1) is 43.0 Å². The van der Waals surface area contributed by atoms with Crippen LogP contribution in [-0.4, -0.2) is 70.8 Å². The summed E-state index contributed by atoms with van der Waals surface area (Å²) >= 11 is 0. The minimum absolute atomic E-state index is 0.147. The van der Waals surface area contributed by atoms with E-state index < -0.39 is 65.7 Å². The van der Waals surface area contributed by atoms with E-state index in [4.69, 9.17) is 28.4 Å². The van der Waals surface area contributed by atoms with Crippen LogP contribution in [0.1, 0.15) is 87.0 Å². The molecule has 9 heteroatoms. The van der Waals surface area contributed by atoms with Crippen molar-refractivity contribution in [2.24, 2.45) is 23.7 Å². The van der Waals surface area contributed by atoms with Crippen molar-refractivity contribution in [2.45, 2.75) is 129 Å². The maximum absolute atomic E-state index is 13.6. The maximum atomic E-state index is 13.6. The van der Waals surface area contributed by atoms with Crippen LogP contribution >= 0.6 is 0 Å². The fraction of sp³-hybridized carbons (Fsp3) is 0.781. The van der Waals surface area contributed by atoms with Gasteiger partial charge in [0.2, 0.25) is 0 Å². The van der Waals surface area contributed by atoms with Crippen molar-refractivity contribution in [2.75, 3.05) is 7.11 Å². The third kappa shape index (κ3) is 6.31. The third-order valence-electron chi connectivity index (χ3n) is 9.39. The summed E-state index contributed by atoms with van der Waals surface area (Å²) in [6.07, 6.45) is -3.17. The molecule has 12 atom stereocenters. The smallest absolute Gasteiger partial charge is 0.311 e. The number of aliphatic hydroxyl groups is 2. The van der Waals surface area contributed by atoms with Crippen LogP contribution in [0, 0.1) is 23.7 Å². The maximum Gasteiger partial charge on any atom is 0.311 e. The minimum Gasteiger partial charge on any atom is -0.497 e. The predicted octanol–water partition coefficient (Wildman–Crippen LogP) is 4.77. The van der Waals surface area contributed by atoms with Crippen molar-refractivity contribution in [3.8, 4) is 5.75 Å². The highest BCUT2D eigenvalue weighted by Crippen LogP contribution is 2.46. The van der Waals surface area contributed by atoms with Gasteiger partial charge in [-0.05, 0) is 65.5 Å². The Morgan fingerprint density at radius 3 is 2.10 bits per heavy atom. The minimum atomic E-state index is -1.54. The first kappa shape index (κ1) is 32.2. The number of esters is 1. The van der Waals surface area contributed by atoms with Gasteiger partial charge in [-0.2, -0.15) is 0 Å². The van der Waals surface area contributed by atoms with Crippen LogP contribution < -0.4 is 4.74 Å². The van der Waals surface area contributed by atoms with Gasteiger partial charge in [-0.25, -0.2) is 0 Å². The quantitative estimate of drug-likeness (QED) is 0.490. The number of rotatable bonds is 3. The Balaban J connectivity index is 1.80. The first-order chi connectivity index (χ1) is 19.0. The number of cyclic esters (lactones) is 1. The lowest BCUT2D eigenvalue weighted by Crippen LogP contribution is -2.63. The molecular formula is C32H50O9. The van der Waals surface area contributed by atoms with Gasteiger partial charge < -0.3 is 38.6 Å². The summed E-state index contributed by atoms with van der Waals surface area (Å²) in [6.45, 7) is 16.7. The Morgan fingerprint density at radius 1 is 0.902 bits per heavy atom. The molecule has 0 amide bonds. The molecule has 0 aliphatic carbocycles.